The number of rotatable bonds is 5. The molecule has 3 amide bonds. The number of carbonyl (C=O) groups excluding carboxylic acids is 4. The monoisotopic (exact) mass is 465 g/mol. The Kier molecular flexibility index (Phi) is 7.04. The largest absolute Gasteiger partial charge is 0.444 e. The number of nitrogens with two attached hydrogens (primary N) is 1. The molecule has 2 aliphatic rings. The highest BCUT2D eigenvalue weighted by Crippen LogP contribution is 2.38. The van der Waals surface area contributed by atoms with Gasteiger partial charge in [0.05, 0.1) is 6.54 Å². The van der Waals surface area contributed by atoms with Crippen molar-refractivity contribution in [3.63, 3.8) is 0 Å². The summed E-state index contributed by atoms with van der Waals surface area (Å²) in [6, 6.07) is 0.472. The van der Waals surface area contributed by atoms with Crippen LogP contribution < -0.4 is 11.1 Å². The van der Waals surface area contributed by atoms with Crippen molar-refractivity contribution in [3.05, 3.63) is 34.9 Å². The summed E-state index contributed by atoms with van der Waals surface area (Å²) in [5, 5.41) is 2.69. The lowest BCUT2D eigenvalue weighted by Gasteiger charge is -2.35. The van der Waals surface area contributed by atoms with Crippen molar-refractivity contribution in [1.82, 2.24) is 10.2 Å². The van der Waals surface area contributed by atoms with Crippen LogP contribution in [0.3, 0.4) is 0 Å². The number of likely N-dealkylation sites (tertiary alicyclic amines) is 1. The first-order valence-electron chi connectivity index (χ1n) is 10.9. The van der Waals surface area contributed by atoms with Crippen molar-refractivity contribution in [1.29, 1.82) is 0 Å². The quantitative estimate of drug-likeness (QED) is 0.692. The van der Waals surface area contributed by atoms with E-state index in [1.54, 1.807) is 20.8 Å². The van der Waals surface area contributed by atoms with E-state index >= 15 is 0 Å². The molecule has 180 valence electrons. The topological polar surface area (TPSA) is 119 Å². The zero-order valence-corrected chi connectivity index (χ0v) is 19.0. The summed E-state index contributed by atoms with van der Waals surface area (Å²) < 4.78 is 33.0. The highest BCUT2D eigenvalue weighted by molar-refractivity contribution is 5.93. The summed E-state index contributed by atoms with van der Waals surface area (Å²) in [5.41, 5.74) is 5.74. The normalized spacial score (nSPS) is 21.4. The summed E-state index contributed by atoms with van der Waals surface area (Å²) >= 11 is 0. The van der Waals surface area contributed by atoms with Crippen molar-refractivity contribution in [3.8, 4) is 0 Å². The minimum Gasteiger partial charge on any atom is -0.444 e. The molecule has 0 bridgehead atoms. The molecule has 1 aliphatic carbocycles. The van der Waals surface area contributed by atoms with Gasteiger partial charge in [0.15, 0.2) is 17.4 Å². The van der Waals surface area contributed by atoms with Gasteiger partial charge in [0.2, 0.25) is 11.8 Å². The smallest absolute Gasteiger partial charge is 0.407 e. The lowest BCUT2D eigenvalue weighted by molar-refractivity contribution is -0.145. The average molecular weight is 465 g/mol. The average Bonchev–Trinajstić information content (AvgIpc) is 3.08. The van der Waals surface area contributed by atoms with Gasteiger partial charge in [-0.15, -0.1) is 0 Å². The molecule has 10 heteroatoms. The number of fused-ring (bicyclic) bond motifs is 1. The van der Waals surface area contributed by atoms with Crippen LogP contribution in [-0.4, -0.2) is 52.8 Å². The van der Waals surface area contributed by atoms with Crippen LogP contribution in [0.15, 0.2) is 12.1 Å². The summed E-state index contributed by atoms with van der Waals surface area (Å²) in [5.74, 6) is -3.91. The Hall–Kier alpha value is -3.04. The zero-order valence-electron chi connectivity index (χ0n) is 19.0. The van der Waals surface area contributed by atoms with Crippen LogP contribution in [0.1, 0.15) is 63.5 Å². The third-order valence-corrected chi connectivity index (χ3v) is 5.96. The molecular formula is C23H29F2N3O5. The molecule has 3 atom stereocenters. The summed E-state index contributed by atoms with van der Waals surface area (Å²) in [6.07, 6.45) is 0.157. The minimum atomic E-state index is -1.02. The third kappa shape index (κ3) is 5.85. The van der Waals surface area contributed by atoms with E-state index in [9.17, 15) is 28.0 Å². The van der Waals surface area contributed by atoms with Gasteiger partial charge in [0, 0.05) is 24.8 Å². The fraction of sp³-hybridized carbons (Fsp3) is 0.565. The summed E-state index contributed by atoms with van der Waals surface area (Å²) in [6.45, 7) is 4.82. The maximum Gasteiger partial charge on any atom is 0.407 e. The standard InChI is InChI=1S/C23H29F2N3O5/c1-23(2,3)33-22(32)27-18(14-6-4-12-8-16(24)17(25)9-15(12)14)10-20(30)28-11-13(29)5-7-19(28)21(26)31/h8-9,14,18-19H,4-7,10-11H2,1-3H3,(H2,26,31)(H,27,32)/t14?,18?,19-/m0/s1. The number of primary amides is 1. The molecular weight excluding hydrogens is 436 g/mol. The Morgan fingerprint density at radius 3 is 2.48 bits per heavy atom. The first-order chi connectivity index (χ1) is 15.4. The number of halogens is 2. The third-order valence-electron chi connectivity index (χ3n) is 5.96. The lowest BCUT2D eigenvalue weighted by atomic mass is 9.89. The van der Waals surface area contributed by atoms with Crippen LogP contribution in [0, 0.1) is 11.6 Å². The van der Waals surface area contributed by atoms with Gasteiger partial charge in [-0.2, -0.15) is 0 Å². The van der Waals surface area contributed by atoms with Crippen molar-refractivity contribution in [2.24, 2.45) is 5.73 Å². The van der Waals surface area contributed by atoms with Crippen molar-refractivity contribution in [2.75, 3.05) is 6.54 Å². The van der Waals surface area contributed by atoms with Crippen LogP contribution in [-0.2, 0) is 25.5 Å². The molecule has 0 spiro atoms. The summed E-state index contributed by atoms with van der Waals surface area (Å²) in [4.78, 5) is 50.6. The van der Waals surface area contributed by atoms with E-state index in [-0.39, 0.29) is 31.6 Å². The van der Waals surface area contributed by atoms with Crippen molar-refractivity contribution < 1.29 is 32.7 Å². The number of nitrogens with one attached hydrogen (secondary N) is 1. The number of ether oxygens (including phenoxy) is 1. The van der Waals surface area contributed by atoms with E-state index in [1.165, 1.54) is 0 Å². The first-order valence-corrected chi connectivity index (χ1v) is 10.9. The molecule has 0 radical (unpaired) electrons. The van der Waals surface area contributed by atoms with Crippen LogP contribution in [0.4, 0.5) is 13.6 Å². The van der Waals surface area contributed by atoms with Gasteiger partial charge in [-0.05, 0) is 63.3 Å². The number of piperidine rings is 1. The Labute approximate surface area is 190 Å². The van der Waals surface area contributed by atoms with E-state index < -0.39 is 53.1 Å². The van der Waals surface area contributed by atoms with Gasteiger partial charge in [-0.25, -0.2) is 13.6 Å². The molecule has 33 heavy (non-hydrogen) atoms. The number of Topliss-reactive ketones (excluding diaryl/α,β-unsaturated/α-hetero) is 1. The Bertz CT molecular complexity index is 976. The highest BCUT2D eigenvalue weighted by Gasteiger charge is 2.39. The second kappa shape index (κ2) is 9.44. The number of carbonyl (C=O) groups is 4. The fourth-order valence-corrected chi connectivity index (χ4v) is 4.50. The molecule has 3 N–H and O–H groups in total. The molecule has 1 saturated heterocycles. The van der Waals surface area contributed by atoms with Gasteiger partial charge in [-0.3, -0.25) is 14.4 Å². The minimum absolute atomic E-state index is 0.140. The maximum atomic E-state index is 14.0. The number of ketones is 1. The number of hydrogen-bond donors (Lipinski definition) is 2. The number of amides is 3. The number of hydrogen-bond acceptors (Lipinski definition) is 5. The highest BCUT2D eigenvalue weighted by atomic mass is 19.2. The van der Waals surface area contributed by atoms with Crippen LogP contribution in [0.25, 0.3) is 0 Å². The van der Waals surface area contributed by atoms with E-state index in [2.05, 4.69) is 5.32 Å². The maximum absolute atomic E-state index is 14.0. The van der Waals surface area contributed by atoms with Crippen LogP contribution >= 0.6 is 0 Å². The molecule has 8 nitrogen and oxygen atoms in total. The van der Waals surface area contributed by atoms with E-state index in [1.807, 2.05) is 0 Å². The van der Waals surface area contributed by atoms with Gasteiger partial charge in [0.25, 0.3) is 0 Å². The molecule has 1 aromatic rings. The molecule has 1 aromatic carbocycles. The van der Waals surface area contributed by atoms with E-state index in [4.69, 9.17) is 10.5 Å². The number of alkyl carbamates (subject to hydrolysis) is 1. The number of benzene rings is 1. The Morgan fingerprint density at radius 2 is 1.85 bits per heavy atom. The van der Waals surface area contributed by atoms with Crippen molar-refractivity contribution >= 4 is 23.7 Å². The molecule has 1 heterocycles. The SMILES string of the molecule is CC(C)(C)OC(=O)NC(CC(=O)N1CC(=O)CC[C@H]1C(N)=O)C1CCc2cc(F)c(F)cc21. The second-order valence-corrected chi connectivity index (χ2v) is 9.58. The van der Waals surface area contributed by atoms with Gasteiger partial charge >= 0.3 is 6.09 Å². The van der Waals surface area contributed by atoms with Gasteiger partial charge < -0.3 is 20.7 Å². The molecule has 2 unspecified atom stereocenters. The fourth-order valence-electron chi connectivity index (χ4n) is 4.50. The molecule has 1 fully saturated rings. The predicted molar refractivity (Wildman–Crippen MR) is 114 cm³/mol. The van der Waals surface area contributed by atoms with Crippen LogP contribution in [0.5, 0.6) is 0 Å². The summed E-state index contributed by atoms with van der Waals surface area (Å²) in [7, 11) is 0. The van der Waals surface area contributed by atoms with E-state index in [0.717, 1.165) is 17.0 Å². The molecule has 1 aliphatic heterocycles. The Morgan fingerprint density at radius 1 is 1.18 bits per heavy atom. The van der Waals surface area contributed by atoms with Crippen molar-refractivity contribution in [2.45, 2.75) is 76.5 Å². The molecule has 0 saturated carbocycles. The lowest BCUT2D eigenvalue weighted by Crippen LogP contribution is -2.54. The predicted octanol–water partition coefficient (Wildman–Crippen LogP) is 2.32. The van der Waals surface area contributed by atoms with Gasteiger partial charge in [-0.1, -0.05) is 0 Å². The molecule has 3 rings (SSSR count). The Balaban J connectivity index is 1.87. The van der Waals surface area contributed by atoms with Gasteiger partial charge in [0.1, 0.15) is 11.6 Å². The number of nitrogens with zero attached hydrogens (tertiary/aromatic N) is 1. The number of aryl methyl sites for hydroxylation is 1. The zero-order chi connectivity index (χ0) is 24.5. The van der Waals surface area contributed by atoms with Crippen LogP contribution in [0.2, 0.25) is 0 Å². The second-order valence-electron chi connectivity index (χ2n) is 9.58. The first kappa shape index (κ1) is 24.6. The molecule has 0 aromatic heterocycles. The van der Waals surface area contributed by atoms with E-state index in [0.29, 0.717) is 24.0 Å².